The molecule has 1 saturated carbocycles. The van der Waals surface area contributed by atoms with Crippen LogP contribution in [0.5, 0.6) is 0 Å². The summed E-state index contributed by atoms with van der Waals surface area (Å²) in [5.41, 5.74) is 1.55. The summed E-state index contributed by atoms with van der Waals surface area (Å²) in [5.74, 6) is 0.0485. The monoisotopic (exact) mass is 342 g/mol. The van der Waals surface area contributed by atoms with Gasteiger partial charge in [-0.1, -0.05) is 12.8 Å². The molecule has 134 valence electrons. The highest BCUT2D eigenvalue weighted by Gasteiger charge is 2.26. The fourth-order valence-electron chi connectivity index (χ4n) is 4.15. The van der Waals surface area contributed by atoms with Crippen molar-refractivity contribution in [2.45, 2.75) is 57.6 Å². The van der Waals surface area contributed by atoms with E-state index in [4.69, 9.17) is 4.74 Å². The molecule has 25 heavy (non-hydrogen) atoms. The predicted octanol–water partition coefficient (Wildman–Crippen LogP) is 3.19. The molecular weight excluding hydrogens is 316 g/mol. The highest BCUT2D eigenvalue weighted by atomic mass is 16.5. The number of carbonyl (C=O) groups excluding carboxylic acids is 1. The van der Waals surface area contributed by atoms with E-state index in [2.05, 4.69) is 10.1 Å². The molecule has 0 N–H and O–H groups in total. The second-order valence-electron chi connectivity index (χ2n) is 7.13. The number of aromatic nitrogens is 3. The molecule has 2 aromatic rings. The molecule has 0 spiro atoms. The predicted molar refractivity (Wildman–Crippen MR) is 95.6 cm³/mol. The lowest BCUT2D eigenvalue weighted by Crippen LogP contribution is -2.43. The third kappa shape index (κ3) is 3.27. The first-order valence-corrected chi connectivity index (χ1v) is 9.50. The highest BCUT2D eigenvalue weighted by Crippen LogP contribution is 2.31. The summed E-state index contributed by atoms with van der Waals surface area (Å²) >= 11 is 0. The number of nitrogens with zero attached hydrogens (tertiary/aromatic N) is 4. The van der Waals surface area contributed by atoms with E-state index in [1.54, 1.807) is 6.20 Å². The summed E-state index contributed by atoms with van der Waals surface area (Å²) in [6, 6.07) is 2.40. The number of hydrogen-bond donors (Lipinski definition) is 0. The maximum absolute atomic E-state index is 12.9. The Hall–Kier alpha value is -1.95. The number of pyridine rings is 1. The van der Waals surface area contributed by atoms with Gasteiger partial charge in [-0.2, -0.15) is 5.10 Å². The van der Waals surface area contributed by atoms with Crippen LogP contribution in [0.3, 0.4) is 0 Å². The molecule has 0 bridgehead atoms. The second kappa shape index (κ2) is 7.12. The fourth-order valence-corrected chi connectivity index (χ4v) is 4.15. The molecule has 6 nitrogen and oxygen atoms in total. The molecule has 1 amide bonds. The Bertz CT molecular complexity index is 749. The number of amides is 1. The van der Waals surface area contributed by atoms with Crippen LogP contribution in [0.2, 0.25) is 0 Å². The van der Waals surface area contributed by atoms with Gasteiger partial charge in [0, 0.05) is 31.3 Å². The van der Waals surface area contributed by atoms with Gasteiger partial charge in [0.05, 0.1) is 23.9 Å². The van der Waals surface area contributed by atoms with Crippen molar-refractivity contribution in [1.82, 2.24) is 19.7 Å². The summed E-state index contributed by atoms with van der Waals surface area (Å²) in [5, 5.41) is 5.49. The normalized spacial score (nSPS) is 22.0. The average molecular weight is 342 g/mol. The topological polar surface area (TPSA) is 60.2 Å². The Balaban J connectivity index is 1.54. The van der Waals surface area contributed by atoms with Crippen LogP contribution in [0.25, 0.3) is 11.0 Å². The Labute approximate surface area is 148 Å². The maximum atomic E-state index is 12.9. The molecule has 2 aliphatic rings. The van der Waals surface area contributed by atoms with Crippen LogP contribution in [0.4, 0.5) is 0 Å². The lowest BCUT2D eigenvalue weighted by atomic mass is 10.1. The van der Waals surface area contributed by atoms with E-state index in [9.17, 15) is 4.79 Å². The van der Waals surface area contributed by atoms with E-state index in [-0.39, 0.29) is 12.0 Å². The van der Waals surface area contributed by atoms with E-state index < -0.39 is 0 Å². The van der Waals surface area contributed by atoms with Crippen LogP contribution in [-0.2, 0) is 4.74 Å². The van der Waals surface area contributed by atoms with E-state index in [0.717, 1.165) is 30.4 Å². The van der Waals surface area contributed by atoms with Gasteiger partial charge >= 0.3 is 0 Å². The first-order chi connectivity index (χ1) is 12.3. The summed E-state index contributed by atoms with van der Waals surface area (Å²) in [4.78, 5) is 19.3. The molecule has 0 unspecified atom stereocenters. The minimum Gasteiger partial charge on any atom is -0.377 e. The number of fused-ring (bicyclic) bond motifs is 1. The summed E-state index contributed by atoms with van der Waals surface area (Å²) in [7, 11) is 0. The first kappa shape index (κ1) is 16.5. The van der Waals surface area contributed by atoms with E-state index >= 15 is 0 Å². The number of piperidine rings is 1. The van der Waals surface area contributed by atoms with Gasteiger partial charge in [-0.25, -0.2) is 9.67 Å². The quantitative estimate of drug-likeness (QED) is 0.856. The smallest absolute Gasteiger partial charge is 0.255 e. The van der Waals surface area contributed by atoms with Gasteiger partial charge in [-0.15, -0.1) is 0 Å². The summed E-state index contributed by atoms with van der Waals surface area (Å²) in [6.45, 7) is 4.16. The van der Waals surface area contributed by atoms with Crippen molar-refractivity contribution >= 4 is 16.9 Å². The number of carbonyl (C=O) groups is 1. The molecule has 2 fully saturated rings. The SMILES string of the molecule is CCO[C@H]1CCCN(C(=O)c2cnc3c(cnn3C3CCCC3)c2)C1. The van der Waals surface area contributed by atoms with Crippen molar-refractivity contribution in [3.63, 3.8) is 0 Å². The maximum Gasteiger partial charge on any atom is 0.255 e. The minimum absolute atomic E-state index is 0.0485. The minimum atomic E-state index is 0.0485. The number of likely N-dealkylation sites (tertiary alicyclic amines) is 1. The van der Waals surface area contributed by atoms with Crippen LogP contribution in [0.15, 0.2) is 18.5 Å². The van der Waals surface area contributed by atoms with Crippen LogP contribution < -0.4 is 0 Å². The molecule has 0 aromatic carbocycles. The van der Waals surface area contributed by atoms with Crippen LogP contribution >= 0.6 is 0 Å². The lowest BCUT2D eigenvalue weighted by Gasteiger charge is -2.32. The van der Waals surface area contributed by atoms with Gasteiger partial charge < -0.3 is 9.64 Å². The number of hydrogen-bond acceptors (Lipinski definition) is 4. The third-order valence-electron chi connectivity index (χ3n) is 5.42. The Kier molecular flexibility index (Phi) is 4.70. The molecule has 0 radical (unpaired) electrons. The second-order valence-corrected chi connectivity index (χ2v) is 7.13. The first-order valence-electron chi connectivity index (χ1n) is 9.50. The number of rotatable bonds is 4. The van der Waals surface area contributed by atoms with Crippen molar-refractivity contribution < 1.29 is 9.53 Å². The van der Waals surface area contributed by atoms with Crippen molar-refractivity contribution in [2.24, 2.45) is 0 Å². The van der Waals surface area contributed by atoms with Gasteiger partial charge in [0.2, 0.25) is 0 Å². The molecular formula is C19H26N4O2. The van der Waals surface area contributed by atoms with Gasteiger partial charge in [-0.05, 0) is 38.7 Å². The van der Waals surface area contributed by atoms with Crippen LogP contribution in [0, 0.1) is 0 Å². The lowest BCUT2D eigenvalue weighted by molar-refractivity contribution is 0.00723. The molecule has 6 heteroatoms. The van der Waals surface area contributed by atoms with Gasteiger partial charge in [0.25, 0.3) is 5.91 Å². The average Bonchev–Trinajstić information content (AvgIpc) is 3.30. The highest BCUT2D eigenvalue weighted by molar-refractivity contribution is 5.96. The summed E-state index contributed by atoms with van der Waals surface area (Å²) < 4.78 is 7.75. The van der Waals surface area contributed by atoms with Gasteiger partial charge in [0.1, 0.15) is 0 Å². The van der Waals surface area contributed by atoms with Crippen molar-refractivity contribution in [1.29, 1.82) is 0 Å². The van der Waals surface area contributed by atoms with Crippen molar-refractivity contribution in [3.05, 3.63) is 24.0 Å². The molecule has 1 aliphatic carbocycles. The zero-order chi connectivity index (χ0) is 17.2. The van der Waals surface area contributed by atoms with Crippen molar-refractivity contribution in [2.75, 3.05) is 19.7 Å². The third-order valence-corrected chi connectivity index (χ3v) is 5.42. The summed E-state index contributed by atoms with van der Waals surface area (Å²) in [6.07, 6.45) is 10.6. The zero-order valence-electron chi connectivity index (χ0n) is 14.9. The Morgan fingerprint density at radius 2 is 2.08 bits per heavy atom. The van der Waals surface area contributed by atoms with Crippen LogP contribution in [-0.4, -0.2) is 51.4 Å². The molecule has 1 aliphatic heterocycles. The van der Waals surface area contributed by atoms with E-state index in [1.807, 2.05) is 28.8 Å². The zero-order valence-corrected chi connectivity index (χ0v) is 14.9. The Morgan fingerprint density at radius 3 is 2.88 bits per heavy atom. The number of ether oxygens (including phenoxy) is 1. The molecule has 4 rings (SSSR count). The molecule has 1 atom stereocenters. The van der Waals surface area contributed by atoms with Gasteiger partial charge in [0.15, 0.2) is 5.65 Å². The van der Waals surface area contributed by atoms with Crippen molar-refractivity contribution in [3.8, 4) is 0 Å². The molecule has 3 heterocycles. The largest absolute Gasteiger partial charge is 0.377 e. The van der Waals surface area contributed by atoms with Crippen LogP contribution in [0.1, 0.15) is 61.8 Å². The Morgan fingerprint density at radius 1 is 1.24 bits per heavy atom. The van der Waals surface area contributed by atoms with E-state index in [0.29, 0.717) is 24.8 Å². The fraction of sp³-hybridized carbons (Fsp3) is 0.632. The molecule has 2 aromatic heterocycles. The van der Waals surface area contributed by atoms with E-state index in [1.165, 1.54) is 25.7 Å². The molecule has 1 saturated heterocycles. The standard InChI is InChI=1S/C19H26N4O2/c1-2-25-17-8-5-9-22(13-17)19(24)15-10-14-12-21-23(18(14)20-11-15)16-6-3-4-7-16/h10-12,16-17H,2-9,13H2,1H3/t17-/m0/s1. The van der Waals surface area contributed by atoms with Gasteiger partial charge in [-0.3, -0.25) is 4.79 Å².